The molecule has 3 atom stereocenters. The molecule has 3 unspecified atom stereocenters. The minimum Gasteiger partial charge on any atom is -0.392 e. The van der Waals surface area contributed by atoms with Crippen LogP contribution in [0.1, 0.15) is 31.1 Å². The molecule has 0 aliphatic heterocycles. The molecule has 1 aromatic heterocycles. The van der Waals surface area contributed by atoms with Gasteiger partial charge in [0.15, 0.2) is 0 Å². The first-order valence-electron chi connectivity index (χ1n) is 5.57. The fraction of sp³-hybridized carbons (Fsp3) is 0.667. The SMILES string of the molecule is CC1CCC(C(O)Cc2ccc(Br)s2)C1. The summed E-state index contributed by atoms with van der Waals surface area (Å²) in [5, 5.41) is 10.1. The van der Waals surface area contributed by atoms with Gasteiger partial charge in [-0.15, -0.1) is 11.3 Å². The molecule has 0 saturated heterocycles. The molecule has 15 heavy (non-hydrogen) atoms. The van der Waals surface area contributed by atoms with E-state index >= 15 is 0 Å². The number of thiophene rings is 1. The van der Waals surface area contributed by atoms with Crippen LogP contribution in [0.15, 0.2) is 15.9 Å². The van der Waals surface area contributed by atoms with Gasteiger partial charge in [-0.25, -0.2) is 0 Å². The Balaban J connectivity index is 1.89. The summed E-state index contributed by atoms with van der Waals surface area (Å²) >= 11 is 5.18. The Morgan fingerprint density at radius 3 is 2.87 bits per heavy atom. The summed E-state index contributed by atoms with van der Waals surface area (Å²) < 4.78 is 1.16. The Labute approximate surface area is 104 Å². The minimum absolute atomic E-state index is 0.138. The van der Waals surface area contributed by atoms with Crippen molar-refractivity contribution < 1.29 is 5.11 Å². The van der Waals surface area contributed by atoms with E-state index in [0.717, 1.165) is 16.1 Å². The van der Waals surface area contributed by atoms with Gasteiger partial charge in [0.1, 0.15) is 0 Å². The molecule has 84 valence electrons. The molecule has 0 amide bonds. The summed E-state index contributed by atoms with van der Waals surface area (Å²) in [4.78, 5) is 1.29. The Morgan fingerprint density at radius 2 is 2.33 bits per heavy atom. The van der Waals surface area contributed by atoms with Crippen molar-refractivity contribution in [3.05, 3.63) is 20.8 Å². The van der Waals surface area contributed by atoms with Gasteiger partial charge in [-0.1, -0.05) is 13.3 Å². The molecule has 3 heteroatoms. The van der Waals surface area contributed by atoms with Gasteiger partial charge in [0.05, 0.1) is 9.89 Å². The van der Waals surface area contributed by atoms with Crippen molar-refractivity contribution in [3.8, 4) is 0 Å². The summed E-state index contributed by atoms with van der Waals surface area (Å²) in [6, 6.07) is 4.17. The van der Waals surface area contributed by atoms with E-state index in [-0.39, 0.29) is 6.10 Å². The second-order valence-corrected chi connectivity index (χ2v) is 7.20. The monoisotopic (exact) mass is 288 g/mol. The second-order valence-electron chi connectivity index (χ2n) is 4.66. The zero-order valence-corrected chi connectivity index (χ0v) is 11.4. The van der Waals surface area contributed by atoms with Gasteiger partial charge in [0.25, 0.3) is 0 Å². The van der Waals surface area contributed by atoms with Crippen LogP contribution in [0.5, 0.6) is 0 Å². The molecular weight excluding hydrogens is 272 g/mol. The van der Waals surface area contributed by atoms with E-state index in [2.05, 4.69) is 35.0 Å². The van der Waals surface area contributed by atoms with Crippen LogP contribution in [0.25, 0.3) is 0 Å². The van der Waals surface area contributed by atoms with E-state index in [1.807, 2.05) is 0 Å². The van der Waals surface area contributed by atoms with Gasteiger partial charge in [-0.2, -0.15) is 0 Å². The first kappa shape index (κ1) is 11.6. The lowest BCUT2D eigenvalue weighted by Gasteiger charge is -2.16. The van der Waals surface area contributed by atoms with Crippen LogP contribution in [0.3, 0.4) is 0 Å². The van der Waals surface area contributed by atoms with E-state index in [1.54, 1.807) is 11.3 Å². The molecule has 0 aromatic carbocycles. The summed E-state index contributed by atoms with van der Waals surface area (Å²) in [6.45, 7) is 2.29. The molecule has 0 spiro atoms. The van der Waals surface area contributed by atoms with Crippen molar-refractivity contribution in [1.29, 1.82) is 0 Å². The van der Waals surface area contributed by atoms with Crippen molar-refractivity contribution in [2.24, 2.45) is 11.8 Å². The van der Waals surface area contributed by atoms with Crippen molar-refractivity contribution in [2.45, 2.75) is 38.7 Å². The maximum Gasteiger partial charge on any atom is 0.0701 e. The molecule has 1 aliphatic rings. The van der Waals surface area contributed by atoms with Crippen LogP contribution in [0.2, 0.25) is 0 Å². The summed E-state index contributed by atoms with van der Waals surface area (Å²) in [5.41, 5.74) is 0. The molecule has 1 saturated carbocycles. The molecular formula is C12H17BrOS. The van der Waals surface area contributed by atoms with Gasteiger partial charge in [0.2, 0.25) is 0 Å². The van der Waals surface area contributed by atoms with Crippen LogP contribution in [-0.4, -0.2) is 11.2 Å². The predicted octanol–water partition coefficient (Wildman–Crippen LogP) is 3.85. The Hall–Kier alpha value is 0.140. The fourth-order valence-corrected chi connectivity index (χ4v) is 3.97. The Kier molecular flexibility index (Phi) is 3.86. The van der Waals surface area contributed by atoms with Gasteiger partial charge in [-0.05, 0) is 52.7 Å². The molecule has 1 aliphatic carbocycles. The second kappa shape index (κ2) is 4.98. The summed E-state index contributed by atoms with van der Waals surface area (Å²) in [7, 11) is 0. The normalized spacial score (nSPS) is 28.2. The quantitative estimate of drug-likeness (QED) is 0.896. The van der Waals surface area contributed by atoms with E-state index in [1.165, 1.54) is 24.1 Å². The van der Waals surface area contributed by atoms with E-state index in [0.29, 0.717) is 5.92 Å². The lowest BCUT2D eigenvalue weighted by molar-refractivity contribution is 0.110. The maximum absolute atomic E-state index is 10.1. The molecule has 1 fully saturated rings. The van der Waals surface area contributed by atoms with Crippen molar-refractivity contribution in [2.75, 3.05) is 0 Å². The van der Waals surface area contributed by atoms with Crippen LogP contribution < -0.4 is 0 Å². The Morgan fingerprint density at radius 1 is 1.53 bits per heavy atom. The van der Waals surface area contributed by atoms with E-state index < -0.39 is 0 Å². The highest BCUT2D eigenvalue weighted by molar-refractivity contribution is 9.11. The van der Waals surface area contributed by atoms with Crippen molar-refractivity contribution in [1.82, 2.24) is 0 Å². The largest absolute Gasteiger partial charge is 0.392 e. The minimum atomic E-state index is -0.138. The summed E-state index contributed by atoms with van der Waals surface area (Å²) in [6.07, 6.45) is 4.38. The molecule has 1 heterocycles. The number of halogens is 1. The topological polar surface area (TPSA) is 20.2 Å². The molecule has 1 N–H and O–H groups in total. The molecule has 2 rings (SSSR count). The van der Waals surface area contributed by atoms with Gasteiger partial charge in [-0.3, -0.25) is 0 Å². The first-order valence-corrected chi connectivity index (χ1v) is 7.18. The summed E-state index contributed by atoms with van der Waals surface area (Å²) in [5.74, 6) is 1.33. The maximum atomic E-state index is 10.1. The molecule has 0 radical (unpaired) electrons. The zero-order valence-electron chi connectivity index (χ0n) is 8.95. The average molecular weight is 289 g/mol. The highest BCUT2D eigenvalue weighted by Gasteiger charge is 2.27. The highest BCUT2D eigenvalue weighted by Crippen LogP contribution is 2.34. The number of rotatable bonds is 3. The molecule has 0 bridgehead atoms. The molecule has 1 nitrogen and oxygen atoms in total. The van der Waals surface area contributed by atoms with Gasteiger partial charge < -0.3 is 5.11 Å². The zero-order chi connectivity index (χ0) is 10.8. The number of hydrogen-bond donors (Lipinski definition) is 1. The molecule has 1 aromatic rings. The van der Waals surface area contributed by atoms with Crippen molar-refractivity contribution >= 4 is 27.3 Å². The van der Waals surface area contributed by atoms with Crippen LogP contribution in [0, 0.1) is 11.8 Å². The van der Waals surface area contributed by atoms with E-state index in [4.69, 9.17) is 0 Å². The van der Waals surface area contributed by atoms with Crippen LogP contribution >= 0.6 is 27.3 Å². The number of hydrogen-bond acceptors (Lipinski definition) is 2. The predicted molar refractivity (Wildman–Crippen MR) is 68.2 cm³/mol. The third-order valence-corrected chi connectivity index (χ3v) is 4.96. The smallest absolute Gasteiger partial charge is 0.0701 e. The Bertz CT molecular complexity index is 323. The first-order chi connectivity index (χ1) is 7.15. The number of aliphatic hydroxyl groups excluding tert-OH is 1. The van der Waals surface area contributed by atoms with Gasteiger partial charge in [0, 0.05) is 11.3 Å². The third kappa shape index (κ3) is 3.05. The van der Waals surface area contributed by atoms with Crippen LogP contribution in [-0.2, 0) is 6.42 Å². The lowest BCUT2D eigenvalue weighted by atomic mass is 9.96. The van der Waals surface area contributed by atoms with Gasteiger partial charge >= 0.3 is 0 Å². The standard InChI is InChI=1S/C12H17BrOS/c1-8-2-3-9(6-8)11(14)7-10-4-5-12(13)15-10/h4-5,8-9,11,14H,2-3,6-7H2,1H3. The number of aliphatic hydroxyl groups is 1. The fourth-order valence-electron chi connectivity index (χ4n) is 2.43. The van der Waals surface area contributed by atoms with E-state index in [9.17, 15) is 5.11 Å². The average Bonchev–Trinajstić information content (AvgIpc) is 2.75. The lowest BCUT2D eigenvalue weighted by Crippen LogP contribution is -2.20. The van der Waals surface area contributed by atoms with Crippen molar-refractivity contribution in [3.63, 3.8) is 0 Å². The third-order valence-electron chi connectivity index (χ3n) is 3.32. The van der Waals surface area contributed by atoms with Crippen LogP contribution in [0.4, 0.5) is 0 Å². The highest BCUT2D eigenvalue weighted by atomic mass is 79.9.